The molecular formula is C17H22N4O2. The summed E-state index contributed by atoms with van der Waals surface area (Å²) in [4.78, 5) is 33.6. The fourth-order valence-electron chi connectivity index (χ4n) is 3.31. The van der Waals surface area contributed by atoms with Gasteiger partial charge >= 0.3 is 0 Å². The molecule has 1 aliphatic rings. The molecule has 1 atom stereocenters. The highest BCUT2D eigenvalue weighted by Crippen LogP contribution is 2.17. The standard InChI is InChI=1S/C17H22N4O2/c1-3-19(4-2)13-8-10-20(12-13)16(22)14-11-18-15-7-5-6-9-21(15)17(14)23/h5-7,9,11,13H,3-4,8,10,12H2,1-2H3/t13-/m0/s1. The zero-order chi connectivity index (χ0) is 16.4. The lowest BCUT2D eigenvalue weighted by Gasteiger charge is -2.26. The van der Waals surface area contributed by atoms with Crippen molar-refractivity contribution in [2.75, 3.05) is 26.2 Å². The summed E-state index contributed by atoms with van der Waals surface area (Å²) < 4.78 is 1.42. The molecule has 0 unspecified atom stereocenters. The van der Waals surface area contributed by atoms with E-state index >= 15 is 0 Å². The number of hydrogen-bond acceptors (Lipinski definition) is 4. The van der Waals surface area contributed by atoms with E-state index in [-0.39, 0.29) is 17.0 Å². The quantitative estimate of drug-likeness (QED) is 0.852. The predicted molar refractivity (Wildman–Crippen MR) is 88.7 cm³/mol. The zero-order valence-electron chi connectivity index (χ0n) is 13.6. The van der Waals surface area contributed by atoms with Gasteiger partial charge in [-0.25, -0.2) is 4.98 Å². The largest absolute Gasteiger partial charge is 0.337 e. The van der Waals surface area contributed by atoms with Crippen molar-refractivity contribution in [1.82, 2.24) is 19.2 Å². The molecule has 122 valence electrons. The maximum Gasteiger partial charge on any atom is 0.270 e. The number of hydrogen-bond donors (Lipinski definition) is 0. The Morgan fingerprint density at radius 1 is 1.35 bits per heavy atom. The van der Waals surface area contributed by atoms with Gasteiger partial charge in [-0.3, -0.25) is 18.9 Å². The van der Waals surface area contributed by atoms with Crippen molar-refractivity contribution in [2.24, 2.45) is 0 Å². The van der Waals surface area contributed by atoms with Crippen molar-refractivity contribution in [3.8, 4) is 0 Å². The molecule has 1 aliphatic heterocycles. The lowest BCUT2D eigenvalue weighted by atomic mass is 10.2. The lowest BCUT2D eigenvalue weighted by Crippen LogP contribution is -2.40. The maximum atomic E-state index is 12.7. The molecule has 6 nitrogen and oxygen atoms in total. The molecule has 0 N–H and O–H groups in total. The molecule has 0 aromatic carbocycles. The number of likely N-dealkylation sites (tertiary alicyclic amines) is 1. The van der Waals surface area contributed by atoms with Crippen molar-refractivity contribution < 1.29 is 4.79 Å². The van der Waals surface area contributed by atoms with E-state index in [1.54, 1.807) is 23.2 Å². The molecule has 2 aromatic heterocycles. The van der Waals surface area contributed by atoms with Gasteiger partial charge in [0, 0.05) is 31.5 Å². The Morgan fingerprint density at radius 2 is 2.13 bits per heavy atom. The Hall–Kier alpha value is -2.21. The highest BCUT2D eigenvalue weighted by molar-refractivity contribution is 5.94. The predicted octanol–water partition coefficient (Wildman–Crippen LogP) is 1.25. The van der Waals surface area contributed by atoms with Crippen molar-refractivity contribution in [1.29, 1.82) is 0 Å². The fraction of sp³-hybridized carbons (Fsp3) is 0.471. The molecule has 3 heterocycles. The van der Waals surface area contributed by atoms with E-state index in [0.29, 0.717) is 24.8 Å². The molecule has 1 fully saturated rings. The minimum atomic E-state index is -0.299. The van der Waals surface area contributed by atoms with Crippen molar-refractivity contribution in [3.63, 3.8) is 0 Å². The Balaban J connectivity index is 1.84. The Kier molecular flexibility index (Phi) is 4.43. The highest BCUT2D eigenvalue weighted by Gasteiger charge is 2.31. The van der Waals surface area contributed by atoms with Crippen LogP contribution in [-0.2, 0) is 0 Å². The first-order chi connectivity index (χ1) is 11.2. The molecule has 23 heavy (non-hydrogen) atoms. The maximum absolute atomic E-state index is 12.7. The second-order valence-electron chi connectivity index (χ2n) is 5.82. The van der Waals surface area contributed by atoms with Gasteiger partial charge in [0.25, 0.3) is 11.5 Å². The van der Waals surface area contributed by atoms with Crippen molar-refractivity contribution in [2.45, 2.75) is 26.3 Å². The van der Waals surface area contributed by atoms with Crippen LogP contribution in [0, 0.1) is 0 Å². The first-order valence-corrected chi connectivity index (χ1v) is 8.15. The fourth-order valence-corrected chi connectivity index (χ4v) is 3.31. The van der Waals surface area contributed by atoms with Crippen LogP contribution in [0.4, 0.5) is 0 Å². The van der Waals surface area contributed by atoms with Gasteiger partial charge in [0.15, 0.2) is 0 Å². The number of fused-ring (bicyclic) bond motifs is 1. The zero-order valence-corrected chi connectivity index (χ0v) is 13.6. The van der Waals surface area contributed by atoms with Crippen LogP contribution in [0.5, 0.6) is 0 Å². The van der Waals surface area contributed by atoms with Crippen molar-refractivity contribution in [3.05, 3.63) is 46.5 Å². The SMILES string of the molecule is CCN(CC)[C@H]1CCN(C(=O)c2cnc3ccccn3c2=O)C1. The number of likely N-dealkylation sites (N-methyl/N-ethyl adjacent to an activating group) is 1. The number of nitrogens with zero attached hydrogens (tertiary/aromatic N) is 4. The van der Waals surface area contributed by atoms with Crippen LogP contribution in [0.1, 0.15) is 30.6 Å². The summed E-state index contributed by atoms with van der Waals surface area (Å²) in [6.45, 7) is 7.59. The minimum absolute atomic E-state index is 0.147. The van der Waals surface area contributed by atoms with Gasteiger partial charge in [-0.05, 0) is 31.6 Å². The van der Waals surface area contributed by atoms with Crippen LogP contribution in [0.25, 0.3) is 5.65 Å². The van der Waals surface area contributed by atoms with Gasteiger partial charge in [0.1, 0.15) is 11.2 Å². The Bertz CT molecular complexity index is 767. The Morgan fingerprint density at radius 3 is 2.87 bits per heavy atom. The summed E-state index contributed by atoms with van der Waals surface area (Å²) in [6.07, 6.45) is 4.00. The summed E-state index contributed by atoms with van der Waals surface area (Å²) in [5.74, 6) is -0.213. The second kappa shape index (κ2) is 6.50. The molecule has 6 heteroatoms. The molecule has 0 bridgehead atoms. The van der Waals surface area contributed by atoms with Gasteiger partial charge in [-0.15, -0.1) is 0 Å². The summed E-state index contributed by atoms with van der Waals surface area (Å²) in [5.41, 5.74) is 0.400. The molecule has 0 spiro atoms. The van der Waals surface area contributed by atoms with Gasteiger partial charge in [0.05, 0.1) is 0 Å². The van der Waals surface area contributed by atoms with Crippen LogP contribution < -0.4 is 5.56 Å². The average molecular weight is 314 g/mol. The monoisotopic (exact) mass is 314 g/mol. The molecule has 1 saturated heterocycles. The van der Waals surface area contributed by atoms with Crippen molar-refractivity contribution >= 4 is 11.6 Å². The normalized spacial score (nSPS) is 18.0. The van der Waals surface area contributed by atoms with E-state index in [4.69, 9.17) is 0 Å². The van der Waals surface area contributed by atoms with E-state index in [1.807, 2.05) is 6.07 Å². The molecule has 1 amide bonds. The first-order valence-electron chi connectivity index (χ1n) is 8.15. The molecule has 0 radical (unpaired) electrons. The van der Waals surface area contributed by atoms with Gasteiger partial charge in [-0.2, -0.15) is 0 Å². The highest BCUT2D eigenvalue weighted by atomic mass is 16.2. The van der Waals surface area contributed by atoms with Crippen LogP contribution in [-0.4, -0.2) is 57.3 Å². The smallest absolute Gasteiger partial charge is 0.270 e. The van der Waals surface area contributed by atoms with Gasteiger partial charge in [-0.1, -0.05) is 19.9 Å². The number of carbonyl (C=O) groups excluding carboxylic acids is 1. The van der Waals surface area contributed by atoms with Crippen LogP contribution >= 0.6 is 0 Å². The van der Waals surface area contributed by atoms with E-state index in [2.05, 4.69) is 23.7 Å². The third-order valence-corrected chi connectivity index (χ3v) is 4.62. The third-order valence-electron chi connectivity index (χ3n) is 4.62. The van der Waals surface area contributed by atoms with E-state index in [0.717, 1.165) is 19.5 Å². The van der Waals surface area contributed by atoms with Gasteiger partial charge < -0.3 is 4.90 Å². The number of pyridine rings is 1. The molecule has 0 aliphatic carbocycles. The molecular weight excluding hydrogens is 292 g/mol. The number of aromatic nitrogens is 2. The minimum Gasteiger partial charge on any atom is -0.337 e. The number of amides is 1. The van der Waals surface area contributed by atoms with E-state index in [1.165, 1.54) is 10.6 Å². The number of rotatable bonds is 4. The summed E-state index contributed by atoms with van der Waals surface area (Å²) in [6, 6.07) is 5.71. The van der Waals surface area contributed by atoms with E-state index < -0.39 is 0 Å². The Labute approximate surface area is 135 Å². The number of carbonyl (C=O) groups is 1. The summed E-state index contributed by atoms with van der Waals surface area (Å²) >= 11 is 0. The van der Waals surface area contributed by atoms with Crippen LogP contribution in [0.2, 0.25) is 0 Å². The van der Waals surface area contributed by atoms with Gasteiger partial charge in [0.2, 0.25) is 0 Å². The molecule has 3 rings (SSSR count). The van der Waals surface area contributed by atoms with E-state index in [9.17, 15) is 9.59 Å². The lowest BCUT2D eigenvalue weighted by molar-refractivity contribution is 0.0775. The first kappa shape index (κ1) is 15.7. The second-order valence-corrected chi connectivity index (χ2v) is 5.82. The topological polar surface area (TPSA) is 57.9 Å². The third kappa shape index (κ3) is 2.86. The molecule has 0 saturated carbocycles. The molecule has 2 aromatic rings. The average Bonchev–Trinajstić information content (AvgIpc) is 3.06. The summed E-state index contributed by atoms with van der Waals surface area (Å²) in [7, 11) is 0. The van der Waals surface area contributed by atoms with Crippen LogP contribution in [0.3, 0.4) is 0 Å². The summed E-state index contributed by atoms with van der Waals surface area (Å²) in [5, 5.41) is 0. The van der Waals surface area contributed by atoms with Crippen LogP contribution in [0.15, 0.2) is 35.4 Å².